The summed E-state index contributed by atoms with van der Waals surface area (Å²) < 4.78 is 5.16. The van der Waals surface area contributed by atoms with Gasteiger partial charge in [-0.2, -0.15) is 5.26 Å². The third kappa shape index (κ3) is 3.24. The summed E-state index contributed by atoms with van der Waals surface area (Å²) in [6.07, 6.45) is 1.69. The van der Waals surface area contributed by atoms with E-state index in [-0.39, 0.29) is 11.5 Å². The molecule has 1 aliphatic heterocycles. The molecule has 5 rings (SSSR count). The largest absolute Gasteiger partial charge is 0.318 e. The number of carbonyl (C=O) groups excluding carboxylic acids is 1. The summed E-state index contributed by atoms with van der Waals surface area (Å²) >= 11 is 3.47. The highest BCUT2D eigenvalue weighted by Gasteiger charge is 2.30. The topological polar surface area (TPSA) is 66.8 Å². The fourth-order valence-corrected chi connectivity index (χ4v) is 4.61. The van der Waals surface area contributed by atoms with Gasteiger partial charge in [-0.25, -0.2) is 4.98 Å². The van der Waals surface area contributed by atoms with Crippen molar-refractivity contribution >= 4 is 44.9 Å². The second-order valence-corrected chi connectivity index (χ2v) is 8.73. The molecule has 3 heterocycles. The molecule has 0 saturated carbocycles. The first-order chi connectivity index (χ1) is 15.5. The van der Waals surface area contributed by atoms with Gasteiger partial charge in [0.25, 0.3) is 5.91 Å². The smallest absolute Gasteiger partial charge is 0.271 e. The van der Waals surface area contributed by atoms with Crippen LogP contribution < -0.4 is 4.90 Å². The summed E-state index contributed by atoms with van der Waals surface area (Å²) in [5, 5.41) is 9.82. The van der Waals surface area contributed by atoms with Gasteiger partial charge >= 0.3 is 0 Å². The van der Waals surface area contributed by atoms with Crippen LogP contribution in [0.1, 0.15) is 17.0 Å². The Morgan fingerprint density at radius 2 is 1.88 bits per heavy atom. The second-order valence-electron chi connectivity index (χ2n) is 7.82. The number of carbonyl (C=O) groups is 1. The lowest BCUT2D eigenvalue weighted by molar-refractivity contribution is -0.114. The number of hydrogen-bond donors (Lipinski definition) is 0. The molecule has 0 spiro atoms. The van der Waals surface area contributed by atoms with E-state index < -0.39 is 0 Å². The molecule has 4 aromatic rings. The molecule has 6 nitrogen and oxygen atoms in total. The van der Waals surface area contributed by atoms with Crippen molar-refractivity contribution in [3.8, 4) is 11.8 Å². The van der Waals surface area contributed by atoms with Crippen molar-refractivity contribution in [2.75, 3.05) is 11.4 Å². The van der Waals surface area contributed by atoms with Gasteiger partial charge in [-0.1, -0.05) is 28.1 Å². The quantitative estimate of drug-likeness (QED) is 0.297. The zero-order valence-corrected chi connectivity index (χ0v) is 19.3. The maximum absolute atomic E-state index is 13.3. The summed E-state index contributed by atoms with van der Waals surface area (Å²) in [6.45, 7) is 5.18. The molecule has 0 atom stereocenters. The molecule has 0 aliphatic carbocycles. The monoisotopic (exact) mass is 485 g/mol. The second kappa shape index (κ2) is 7.81. The summed E-state index contributed by atoms with van der Waals surface area (Å²) in [7, 11) is 0. The Morgan fingerprint density at radius 3 is 2.62 bits per heavy atom. The fourth-order valence-electron chi connectivity index (χ4n) is 4.35. The number of amides is 1. The highest BCUT2D eigenvalue weighted by Crippen LogP contribution is 2.29. The van der Waals surface area contributed by atoms with Crippen LogP contribution in [-0.4, -0.2) is 26.6 Å². The molecule has 0 saturated heterocycles. The van der Waals surface area contributed by atoms with Crippen LogP contribution >= 0.6 is 15.9 Å². The van der Waals surface area contributed by atoms with Crippen molar-refractivity contribution in [3.63, 3.8) is 0 Å². The van der Waals surface area contributed by atoms with Gasteiger partial charge in [-0.3, -0.25) is 9.69 Å². The van der Waals surface area contributed by atoms with Crippen molar-refractivity contribution < 1.29 is 4.79 Å². The third-order valence-electron chi connectivity index (χ3n) is 5.87. The minimum Gasteiger partial charge on any atom is -0.318 e. The third-order valence-corrected chi connectivity index (χ3v) is 6.40. The fraction of sp³-hybridized carbons (Fsp3) is 0.160. The van der Waals surface area contributed by atoms with Gasteiger partial charge in [0.15, 0.2) is 0 Å². The summed E-state index contributed by atoms with van der Waals surface area (Å²) in [4.78, 5) is 19.5. The first-order valence-electron chi connectivity index (χ1n) is 10.3. The maximum Gasteiger partial charge on any atom is 0.271 e. The van der Waals surface area contributed by atoms with E-state index in [2.05, 4.69) is 31.6 Å². The van der Waals surface area contributed by atoms with Crippen LogP contribution in [0.5, 0.6) is 0 Å². The van der Waals surface area contributed by atoms with Crippen LogP contribution in [0.25, 0.3) is 22.8 Å². The molecule has 158 valence electrons. The minimum absolute atomic E-state index is 0.0987. The predicted octanol–water partition coefficient (Wildman–Crippen LogP) is 5.16. The lowest BCUT2D eigenvalue weighted by Crippen LogP contribution is -2.30. The maximum atomic E-state index is 13.3. The zero-order chi connectivity index (χ0) is 22.4. The van der Waals surface area contributed by atoms with Crippen LogP contribution in [0, 0.1) is 25.2 Å². The van der Waals surface area contributed by atoms with Gasteiger partial charge in [0, 0.05) is 34.6 Å². The Bertz CT molecular complexity index is 1440. The number of fused-ring (bicyclic) bond motifs is 3. The lowest BCUT2D eigenvalue weighted by atomic mass is 10.1. The first-order valence-corrected chi connectivity index (χ1v) is 11.1. The number of aromatic nitrogens is 3. The molecule has 32 heavy (non-hydrogen) atoms. The number of para-hydroxylation sites is 2. The van der Waals surface area contributed by atoms with E-state index in [4.69, 9.17) is 0 Å². The van der Waals surface area contributed by atoms with E-state index >= 15 is 0 Å². The SMILES string of the molecule is Cc1cc(/C=C(\C#N)C(=O)N2CCn3c2nc2ccccc23)c(C)n1-c1ccc(Br)cc1. The Balaban J connectivity index is 1.51. The summed E-state index contributed by atoms with van der Waals surface area (Å²) in [6, 6.07) is 20.0. The van der Waals surface area contributed by atoms with Crippen LogP contribution in [0.3, 0.4) is 0 Å². The van der Waals surface area contributed by atoms with Gasteiger partial charge in [0.05, 0.1) is 11.0 Å². The number of nitrogens with zero attached hydrogens (tertiary/aromatic N) is 5. The Labute approximate surface area is 194 Å². The average molecular weight is 486 g/mol. The van der Waals surface area contributed by atoms with Crippen molar-refractivity contribution in [1.29, 1.82) is 5.26 Å². The van der Waals surface area contributed by atoms with Crippen LogP contribution in [0.4, 0.5) is 5.95 Å². The highest BCUT2D eigenvalue weighted by atomic mass is 79.9. The predicted molar refractivity (Wildman–Crippen MR) is 129 cm³/mol. The normalized spacial score (nSPS) is 13.4. The molecular weight excluding hydrogens is 466 g/mol. The van der Waals surface area contributed by atoms with Crippen molar-refractivity contribution in [2.24, 2.45) is 0 Å². The standard InChI is InChI=1S/C25H20BrN5O/c1-16-13-18(17(2)31(16)21-9-7-20(26)8-10-21)14-19(15-27)24(32)30-12-11-29-23-6-4-3-5-22(23)28-25(29)30/h3-10,13-14H,11-12H2,1-2H3/b19-14+. The van der Waals surface area contributed by atoms with Gasteiger partial charge in [-0.05, 0) is 68.0 Å². The number of anilines is 1. The van der Waals surface area contributed by atoms with Crippen molar-refractivity contribution in [2.45, 2.75) is 20.4 Å². The molecule has 1 aliphatic rings. The number of halogens is 1. The first kappa shape index (κ1) is 20.3. The number of nitriles is 1. The highest BCUT2D eigenvalue weighted by molar-refractivity contribution is 9.10. The number of aryl methyl sites for hydroxylation is 1. The molecule has 0 N–H and O–H groups in total. The van der Waals surface area contributed by atoms with Gasteiger partial charge in [0.2, 0.25) is 5.95 Å². The molecular formula is C25H20BrN5O. The van der Waals surface area contributed by atoms with Crippen LogP contribution in [0.15, 0.2) is 64.6 Å². The average Bonchev–Trinajstić information content (AvgIpc) is 3.44. The number of rotatable bonds is 3. The summed E-state index contributed by atoms with van der Waals surface area (Å²) in [5.41, 5.74) is 5.83. The zero-order valence-electron chi connectivity index (χ0n) is 17.7. The number of hydrogen-bond acceptors (Lipinski definition) is 3. The summed E-state index contributed by atoms with van der Waals surface area (Å²) in [5.74, 6) is 0.271. The molecule has 2 aromatic heterocycles. The van der Waals surface area contributed by atoms with E-state index in [9.17, 15) is 10.1 Å². The van der Waals surface area contributed by atoms with Crippen LogP contribution in [0.2, 0.25) is 0 Å². The van der Waals surface area contributed by atoms with Gasteiger partial charge < -0.3 is 9.13 Å². The molecule has 0 unspecified atom stereocenters. The minimum atomic E-state index is -0.324. The van der Waals surface area contributed by atoms with Crippen LogP contribution in [-0.2, 0) is 11.3 Å². The Hall–Kier alpha value is -3.63. The molecule has 0 fully saturated rings. The van der Waals surface area contributed by atoms with Crippen molar-refractivity contribution in [1.82, 2.24) is 14.1 Å². The van der Waals surface area contributed by atoms with Gasteiger partial charge in [-0.15, -0.1) is 0 Å². The Morgan fingerprint density at radius 1 is 1.12 bits per heavy atom. The molecule has 1 amide bonds. The van der Waals surface area contributed by atoms with E-state index in [0.29, 0.717) is 19.0 Å². The number of imidazole rings is 1. The number of benzene rings is 2. The van der Waals surface area contributed by atoms with Gasteiger partial charge in [0.1, 0.15) is 11.6 Å². The van der Waals surface area contributed by atoms with E-state index in [1.807, 2.05) is 73.0 Å². The molecule has 0 radical (unpaired) electrons. The van der Waals surface area contributed by atoms with E-state index in [1.54, 1.807) is 11.0 Å². The molecule has 7 heteroatoms. The van der Waals surface area contributed by atoms with Crippen molar-refractivity contribution in [3.05, 3.63) is 81.6 Å². The Kier molecular flexibility index (Phi) is 4.95. The molecule has 0 bridgehead atoms. The molecule has 2 aromatic carbocycles. The van der Waals surface area contributed by atoms with E-state index in [0.717, 1.165) is 38.1 Å². The lowest BCUT2D eigenvalue weighted by Gasteiger charge is -2.13. The van der Waals surface area contributed by atoms with E-state index in [1.165, 1.54) is 0 Å².